The molecule has 0 spiro atoms. The van der Waals surface area contributed by atoms with E-state index in [1.54, 1.807) is 13.8 Å². The Labute approximate surface area is 109 Å². The molecule has 7 nitrogen and oxygen atoms in total. The van der Waals surface area contributed by atoms with Crippen molar-refractivity contribution in [1.29, 1.82) is 5.41 Å². The fraction of sp³-hybridized carbons (Fsp3) is 0.900. The van der Waals surface area contributed by atoms with Crippen LogP contribution in [0.15, 0.2) is 0 Å². The summed E-state index contributed by atoms with van der Waals surface area (Å²) in [4.78, 5) is 0. The van der Waals surface area contributed by atoms with Gasteiger partial charge in [0.05, 0.1) is 19.0 Å². The Morgan fingerprint density at radius 2 is 2.06 bits per heavy atom. The molecule has 0 bridgehead atoms. The van der Waals surface area contributed by atoms with Gasteiger partial charge in [-0.15, -0.1) is 0 Å². The lowest BCUT2D eigenvalue weighted by Crippen LogP contribution is -2.50. The van der Waals surface area contributed by atoms with Crippen LogP contribution in [-0.2, 0) is 14.9 Å². The summed E-state index contributed by atoms with van der Waals surface area (Å²) in [5.41, 5.74) is 5.39. The number of nitrogens with zero attached hydrogens (tertiary/aromatic N) is 2. The molecule has 8 heteroatoms. The van der Waals surface area contributed by atoms with E-state index in [9.17, 15) is 8.42 Å². The second-order valence-electron chi connectivity index (χ2n) is 4.33. The highest BCUT2D eigenvalue weighted by atomic mass is 32.2. The van der Waals surface area contributed by atoms with Gasteiger partial charge in [0.2, 0.25) is 0 Å². The molecule has 1 rings (SSSR count). The maximum atomic E-state index is 12.4. The van der Waals surface area contributed by atoms with Crippen LogP contribution in [0.4, 0.5) is 0 Å². The van der Waals surface area contributed by atoms with E-state index in [1.807, 2.05) is 0 Å². The minimum atomic E-state index is -3.47. The molecule has 1 aliphatic heterocycles. The van der Waals surface area contributed by atoms with E-state index in [4.69, 9.17) is 15.9 Å². The summed E-state index contributed by atoms with van der Waals surface area (Å²) in [6, 6.07) is 0. The van der Waals surface area contributed by atoms with Crippen molar-refractivity contribution in [2.75, 3.05) is 39.4 Å². The monoisotopic (exact) mass is 278 g/mol. The minimum absolute atomic E-state index is 0.00521. The molecule has 18 heavy (non-hydrogen) atoms. The zero-order valence-electron chi connectivity index (χ0n) is 10.9. The van der Waals surface area contributed by atoms with Gasteiger partial charge < -0.3 is 10.5 Å². The fourth-order valence-electron chi connectivity index (χ4n) is 1.73. The Balaban J connectivity index is 2.75. The SMILES string of the molecule is CCN(CC(C)C(=N)N)S(=O)(=O)N1CCOCC1. The van der Waals surface area contributed by atoms with Gasteiger partial charge in [-0.25, -0.2) is 0 Å². The predicted molar refractivity (Wildman–Crippen MR) is 69.6 cm³/mol. The Morgan fingerprint density at radius 1 is 1.50 bits per heavy atom. The summed E-state index contributed by atoms with van der Waals surface area (Å²) in [7, 11) is -3.47. The molecule has 106 valence electrons. The number of hydrogen-bond donors (Lipinski definition) is 2. The maximum Gasteiger partial charge on any atom is 0.282 e. The molecular formula is C10H22N4O3S. The van der Waals surface area contributed by atoms with Gasteiger partial charge in [0.25, 0.3) is 10.2 Å². The first kappa shape index (κ1) is 15.4. The van der Waals surface area contributed by atoms with E-state index in [0.29, 0.717) is 32.8 Å². The van der Waals surface area contributed by atoms with Crippen LogP contribution in [0.25, 0.3) is 0 Å². The Kier molecular flexibility index (Phi) is 5.51. The van der Waals surface area contributed by atoms with E-state index in [0.717, 1.165) is 0 Å². The number of nitrogens with one attached hydrogen (secondary N) is 1. The van der Waals surface area contributed by atoms with Crippen molar-refractivity contribution in [3.05, 3.63) is 0 Å². The van der Waals surface area contributed by atoms with Crippen LogP contribution in [0.2, 0.25) is 0 Å². The molecule has 1 unspecified atom stereocenters. The van der Waals surface area contributed by atoms with Crippen molar-refractivity contribution >= 4 is 16.0 Å². The van der Waals surface area contributed by atoms with Crippen LogP contribution in [0, 0.1) is 11.3 Å². The molecule has 1 heterocycles. The number of nitrogens with two attached hydrogens (primary N) is 1. The Hall–Kier alpha value is -0.700. The van der Waals surface area contributed by atoms with E-state index in [2.05, 4.69) is 0 Å². The Morgan fingerprint density at radius 3 is 2.50 bits per heavy atom. The summed E-state index contributed by atoms with van der Waals surface area (Å²) in [5, 5.41) is 7.34. The minimum Gasteiger partial charge on any atom is -0.387 e. The van der Waals surface area contributed by atoms with Gasteiger partial charge in [0, 0.05) is 32.1 Å². The molecule has 3 N–H and O–H groups in total. The molecule has 0 aromatic carbocycles. The first-order valence-corrected chi connectivity index (χ1v) is 7.46. The summed E-state index contributed by atoms with van der Waals surface area (Å²) >= 11 is 0. The van der Waals surface area contributed by atoms with Gasteiger partial charge in [0.1, 0.15) is 0 Å². The van der Waals surface area contributed by atoms with Crippen LogP contribution in [-0.4, -0.2) is 62.3 Å². The third-order valence-electron chi connectivity index (χ3n) is 2.98. The fourth-order valence-corrected chi connectivity index (χ4v) is 3.41. The molecule has 1 atom stereocenters. The normalized spacial score (nSPS) is 19.9. The molecular weight excluding hydrogens is 256 g/mol. The van der Waals surface area contributed by atoms with Crippen molar-refractivity contribution in [3.63, 3.8) is 0 Å². The van der Waals surface area contributed by atoms with Crippen molar-refractivity contribution in [1.82, 2.24) is 8.61 Å². The third-order valence-corrected chi connectivity index (χ3v) is 5.06. The summed E-state index contributed by atoms with van der Waals surface area (Å²) in [5.74, 6) is -0.272. The zero-order chi connectivity index (χ0) is 13.8. The number of ether oxygens (including phenoxy) is 1. The van der Waals surface area contributed by atoms with Crippen LogP contribution < -0.4 is 5.73 Å². The summed E-state index contributed by atoms with van der Waals surface area (Å²) < 4.78 is 32.7. The van der Waals surface area contributed by atoms with E-state index >= 15 is 0 Å². The van der Waals surface area contributed by atoms with Crippen molar-refractivity contribution < 1.29 is 13.2 Å². The first-order chi connectivity index (χ1) is 8.39. The number of rotatable bonds is 6. The van der Waals surface area contributed by atoms with Crippen molar-refractivity contribution in [2.24, 2.45) is 11.7 Å². The van der Waals surface area contributed by atoms with Gasteiger partial charge >= 0.3 is 0 Å². The van der Waals surface area contributed by atoms with Crippen molar-refractivity contribution in [2.45, 2.75) is 13.8 Å². The van der Waals surface area contributed by atoms with Gasteiger partial charge in [-0.05, 0) is 0 Å². The third kappa shape index (κ3) is 3.64. The lowest BCUT2D eigenvalue weighted by molar-refractivity contribution is 0.0701. The molecule has 1 saturated heterocycles. The molecule has 0 aromatic heterocycles. The Bertz CT molecular complexity index is 379. The topological polar surface area (TPSA) is 99.7 Å². The molecule has 0 aromatic rings. The number of morpholine rings is 1. The van der Waals surface area contributed by atoms with Gasteiger partial charge in [-0.2, -0.15) is 17.0 Å². The van der Waals surface area contributed by atoms with Gasteiger partial charge in [-0.1, -0.05) is 13.8 Å². The second-order valence-corrected chi connectivity index (χ2v) is 6.25. The highest BCUT2D eigenvalue weighted by Gasteiger charge is 2.31. The molecule has 0 radical (unpaired) electrons. The zero-order valence-corrected chi connectivity index (χ0v) is 11.7. The summed E-state index contributed by atoms with van der Waals surface area (Å²) in [6.07, 6.45) is 0. The first-order valence-electron chi connectivity index (χ1n) is 6.06. The predicted octanol–water partition coefficient (Wildman–Crippen LogP) is -0.543. The smallest absolute Gasteiger partial charge is 0.282 e. The maximum absolute atomic E-state index is 12.4. The molecule has 0 amide bonds. The highest BCUT2D eigenvalue weighted by Crippen LogP contribution is 2.13. The quantitative estimate of drug-likeness (QED) is 0.503. The summed E-state index contributed by atoms with van der Waals surface area (Å²) in [6.45, 7) is 5.77. The van der Waals surface area contributed by atoms with Gasteiger partial charge in [-0.3, -0.25) is 5.41 Å². The van der Waals surface area contributed by atoms with Crippen LogP contribution in [0.5, 0.6) is 0 Å². The molecule has 0 saturated carbocycles. The van der Waals surface area contributed by atoms with E-state index in [1.165, 1.54) is 8.61 Å². The van der Waals surface area contributed by atoms with Crippen LogP contribution in [0.1, 0.15) is 13.8 Å². The van der Waals surface area contributed by atoms with E-state index in [-0.39, 0.29) is 18.3 Å². The lowest BCUT2D eigenvalue weighted by Gasteiger charge is -2.32. The highest BCUT2D eigenvalue weighted by molar-refractivity contribution is 7.86. The molecule has 1 fully saturated rings. The van der Waals surface area contributed by atoms with Crippen LogP contribution in [0.3, 0.4) is 0 Å². The second kappa shape index (κ2) is 6.46. The average molecular weight is 278 g/mol. The average Bonchev–Trinajstić information content (AvgIpc) is 2.36. The largest absolute Gasteiger partial charge is 0.387 e. The van der Waals surface area contributed by atoms with E-state index < -0.39 is 10.2 Å². The van der Waals surface area contributed by atoms with Gasteiger partial charge in [0.15, 0.2) is 0 Å². The number of hydrogen-bond acceptors (Lipinski definition) is 4. The molecule has 0 aliphatic carbocycles. The standard InChI is InChI=1S/C10H22N4O3S/c1-3-13(8-9(2)10(11)12)18(15,16)14-4-6-17-7-5-14/h9H,3-8H2,1-2H3,(H3,11,12). The van der Waals surface area contributed by atoms with Crippen LogP contribution >= 0.6 is 0 Å². The molecule has 1 aliphatic rings. The number of amidine groups is 1. The van der Waals surface area contributed by atoms with Crippen molar-refractivity contribution in [3.8, 4) is 0 Å². The lowest BCUT2D eigenvalue weighted by atomic mass is 10.1.